The number of imidazole rings is 1. The molecule has 0 aliphatic rings. The largest absolute Gasteiger partial charge is 0.325 e. The Morgan fingerprint density at radius 2 is 2.05 bits per heavy atom. The van der Waals surface area contributed by atoms with Gasteiger partial charge >= 0.3 is 0 Å². The molecule has 0 aliphatic carbocycles. The van der Waals surface area contributed by atoms with Crippen LogP contribution in [0.25, 0.3) is 15.5 Å². The number of nitrogens with two attached hydrogens (primary N) is 1. The molecular weight excluding hydrogens is 256 g/mol. The topological polar surface area (TPSA) is 56.2 Å². The van der Waals surface area contributed by atoms with E-state index in [2.05, 4.69) is 41.3 Å². The van der Waals surface area contributed by atoms with Gasteiger partial charge in [-0.3, -0.25) is 0 Å². The average Bonchev–Trinajstić information content (AvgIpc) is 2.97. The fourth-order valence-corrected chi connectivity index (χ4v) is 2.97. The molecule has 98 valence electrons. The lowest BCUT2D eigenvalue weighted by atomic mass is 10.1. The Hall–Kier alpha value is -1.72. The van der Waals surface area contributed by atoms with Gasteiger partial charge in [0.05, 0.1) is 11.9 Å². The highest BCUT2D eigenvalue weighted by atomic mass is 32.1. The zero-order valence-corrected chi connectivity index (χ0v) is 11.7. The highest BCUT2D eigenvalue weighted by Gasteiger charge is 2.09. The van der Waals surface area contributed by atoms with Gasteiger partial charge in [-0.05, 0) is 12.0 Å². The van der Waals surface area contributed by atoms with Crippen molar-refractivity contribution in [3.63, 3.8) is 0 Å². The van der Waals surface area contributed by atoms with Crippen molar-refractivity contribution in [3.8, 4) is 10.6 Å². The first kappa shape index (κ1) is 12.3. The fraction of sp³-hybridized carbons (Fsp3) is 0.286. The van der Waals surface area contributed by atoms with Crippen LogP contribution in [-0.2, 0) is 13.0 Å². The van der Waals surface area contributed by atoms with E-state index < -0.39 is 0 Å². The van der Waals surface area contributed by atoms with Crippen LogP contribution in [0.4, 0.5) is 0 Å². The van der Waals surface area contributed by atoms with E-state index in [1.807, 2.05) is 10.7 Å². The van der Waals surface area contributed by atoms with E-state index in [1.165, 1.54) is 12.0 Å². The number of aryl methyl sites for hydroxylation is 1. The zero-order chi connectivity index (χ0) is 13.2. The van der Waals surface area contributed by atoms with E-state index >= 15 is 0 Å². The zero-order valence-electron chi connectivity index (χ0n) is 10.8. The average molecular weight is 272 g/mol. The summed E-state index contributed by atoms with van der Waals surface area (Å²) in [5, 5.41) is 5.54. The summed E-state index contributed by atoms with van der Waals surface area (Å²) in [6, 6.07) is 8.61. The molecule has 0 amide bonds. The van der Waals surface area contributed by atoms with Crippen molar-refractivity contribution in [2.45, 2.75) is 26.3 Å². The van der Waals surface area contributed by atoms with E-state index in [0.717, 1.165) is 27.6 Å². The lowest BCUT2D eigenvalue weighted by molar-refractivity contribution is 0.921. The Morgan fingerprint density at radius 1 is 1.26 bits per heavy atom. The standard InChI is InChI=1S/C14H16N4S/c1-2-3-10-4-6-11(7-5-10)13-17-18-9-12(8-15)16-14(18)19-13/h4-7,9H,2-3,8,15H2,1H3. The van der Waals surface area contributed by atoms with Gasteiger partial charge in [-0.2, -0.15) is 5.10 Å². The molecule has 3 aromatic rings. The van der Waals surface area contributed by atoms with Gasteiger partial charge in [0.1, 0.15) is 5.01 Å². The lowest BCUT2D eigenvalue weighted by Crippen LogP contribution is -1.95. The second kappa shape index (κ2) is 5.11. The van der Waals surface area contributed by atoms with Crippen LogP contribution < -0.4 is 5.73 Å². The molecule has 0 unspecified atom stereocenters. The van der Waals surface area contributed by atoms with Crippen molar-refractivity contribution >= 4 is 16.3 Å². The highest BCUT2D eigenvalue weighted by molar-refractivity contribution is 7.19. The predicted octanol–water partition coefficient (Wildman–Crippen LogP) is 2.87. The van der Waals surface area contributed by atoms with Crippen LogP contribution in [0.15, 0.2) is 30.5 Å². The third-order valence-electron chi connectivity index (χ3n) is 3.04. The summed E-state index contributed by atoms with van der Waals surface area (Å²) < 4.78 is 1.81. The van der Waals surface area contributed by atoms with Crippen LogP contribution in [0.2, 0.25) is 0 Å². The molecule has 0 bridgehead atoms. The number of benzene rings is 1. The second-order valence-electron chi connectivity index (χ2n) is 4.52. The summed E-state index contributed by atoms with van der Waals surface area (Å²) in [5.74, 6) is 0. The first-order valence-corrected chi connectivity index (χ1v) is 7.26. The van der Waals surface area contributed by atoms with Crippen molar-refractivity contribution in [2.75, 3.05) is 0 Å². The highest BCUT2D eigenvalue weighted by Crippen LogP contribution is 2.26. The van der Waals surface area contributed by atoms with Gasteiger partial charge in [0, 0.05) is 12.1 Å². The molecule has 0 atom stereocenters. The van der Waals surface area contributed by atoms with Gasteiger partial charge in [-0.25, -0.2) is 9.50 Å². The first-order valence-electron chi connectivity index (χ1n) is 6.44. The fourth-order valence-electron chi connectivity index (χ4n) is 2.06. The maximum Gasteiger partial charge on any atom is 0.212 e. The summed E-state index contributed by atoms with van der Waals surface area (Å²) in [5.41, 5.74) is 8.96. The summed E-state index contributed by atoms with van der Waals surface area (Å²) >= 11 is 1.59. The van der Waals surface area contributed by atoms with Gasteiger partial charge in [-0.1, -0.05) is 48.9 Å². The Bertz CT molecular complexity index is 650. The number of nitrogens with zero attached hydrogens (tertiary/aromatic N) is 3. The van der Waals surface area contributed by atoms with Crippen LogP contribution in [0.1, 0.15) is 24.6 Å². The molecule has 1 aromatic carbocycles. The third kappa shape index (κ3) is 2.39. The molecule has 2 heterocycles. The van der Waals surface area contributed by atoms with E-state index in [9.17, 15) is 0 Å². The normalized spacial score (nSPS) is 11.3. The van der Waals surface area contributed by atoms with Crippen molar-refractivity contribution in [1.82, 2.24) is 14.6 Å². The molecule has 3 rings (SSSR count). The summed E-state index contributed by atoms with van der Waals surface area (Å²) in [4.78, 5) is 5.31. The predicted molar refractivity (Wildman–Crippen MR) is 78.2 cm³/mol. The monoisotopic (exact) mass is 272 g/mol. The number of hydrogen-bond donors (Lipinski definition) is 1. The van der Waals surface area contributed by atoms with Gasteiger partial charge in [-0.15, -0.1) is 0 Å². The molecule has 0 saturated carbocycles. The smallest absolute Gasteiger partial charge is 0.212 e. The minimum Gasteiger partial charge on any atom is -0.325 e. The van der Waals surface area contributed by atoms with Crippen LogP contribution in [0, 0.1) is 0 Å². The van der Waals surface area contributed by atoms with E-state index in [-0.39, 0.29) is 0 Å². The van der Waals surface area contributed by atoms with Crippen molar-refractivity contribution in [2.24, 2.45) is 5.73 Å². The van der Waals surface area contributed by atoms with Crippen LogP contribution in [0.5, 0.6) is 0 Å². The molecule has 2 N–H and O–H groups in total. The second-order valence-corrected chi connectivity index (χ2v) is 5.47. The Balaban J connectivity index is 1.92. The molecule has 0 aliphatic heterocycles. The van der Waals surface area contributed by atoms with Crippen LogP contribution in [0.3, 0.4) is 0 Å². The molecule has 0 saturated heterocycles. The maximum atomic E-state index is 5.57. The first-order chi connectivity index (χ1) is 9.30. The lowest BCUT2D eigenvalue weighted by Gasteiger charge is -1.99. The minimum absolute atomic E-state index is 0.455. The molecule has 0 radical (unpaired) electrons. The minimum atomic E-state index is 0.455. The van der Waals surface area contributed by atoms with Crippen LogP contribution in [-0.4, -0.2) is 14.6 Å². The van der Waals surface area contributed by atoms with Crippen LogP contribution >= 0.6 is 11.3 Å². The van der Waals surface area contributed by atoms with E-state index in [0.29, 0.717) is 6.54 Å². The molecule has 2 aromatic heterocycles. The number of fused-ring (bicyclic) bond motifs is 1. The number of rotatable bonds is 4. The number of hydrogen-bond acceptors (Lipinski definition) is 4. The van der Waals surface area contributed by atoms with Gasteiger partial charge < -0.3 is 5.73 Å². The van der Waals surface area contributed by atoms with Gasteiger partial charge in [0.15, 0.2) is 0 Å². The van der Waals surface area contributed by atoms with Crippen molar-refractivity contribution < 1.29 is 0 Å². The molecular formula is C14H16N4S. The Morgan fingerprint density at radius 3 is 2.68 bits per heavy atom. The van der Waals surface area contributed by atoms with Crippen molar-refractivity contribution in [3.05, 3.63) is 41.7 Å². The molecule has 0 fully saturated rings. The molecule has 5 heteroatoms. The molecule has 0 spiro atoms. The van der Waals surface area contributed by atoms with Gasteiger partial charge in [0.2, 0.25) is 4.96 Å². The van der Waals surface area contributed by atoms with E-state index in [4.69, 9.17) is 5.73 Å². The quantitative estimate of drug-likeness (QED) is 0.794. The Labute approximate surface area is 115 Å². The number of aromatic nitrogens is 3. The summed E-state index contributed by atoms with van der Waals surface area (Å²) in [6.07, 6.45) is 4.19. The Kier molecular flexibility index (Phi) is 3.31. The maximum absolute atomic E-state index is 5.57. The SMILES string of the molecule is CCCc1ccc(-c2nn3cc(CN)nc3s2)cc1. The summed E-state index contributed by atoms with van der Waals surface area (Å²) in [6.45, 7) is 2.65. The van der Waals surface area contributed by atoms with Gasteiger partial charge in [0.25, 0.3) is 0 Å². The molecule has 4 nitrogen and oxygen atoms in total. The third-order valence-corrected chi connectivity index (χ3v) is 4.01. The van der Waals surface area contributed by atoms with Crippen molar-refractivity contribution in [1.29, 1.82) is 0 Å². The molecule has 19 heavy (non-hydrogen) atoms. The van der Waals surface area contributed by atoms with E-state index in [1.54, 1.807) is 11.3 Å². The summed E-state index contributed by atoms with van der Waals surface area (Å²) in [7, 11) is 0.